The van der Waals surface area contributed by atoms with Crippen LogP contribution in [0.1, 0.15) is 41.3 Å². The highest BCUT2D eigenvalue weighted by atomic mass is 16.5. The fourth-order valence-electron chi connectivity index (χ4n) is 6.16. The fraction of sp³-hybridized carbons (Fsp3) is 0.481. The van der Waals surface area contributed by atoms with Crippen molar-refractivity contribution in [2.45, 2.75) is 37.8 Å². The van der Waals surface area contributed by atoms with Crippen molar-refractivity contribution in [3.8, 4) is 5.75 Å². The Morgan fingerprint density at radius 2 is 1.76 bits per heavy atom. The Morgan fingerprint density at radius 1 is 1.13 bits per heavy atom. The molecule has 0 radical (unpaired) electrons. The molecule has 38 heavy (non-hydrogen) atoms. The number of rotatable bonds is 5. The van der Waals surface area contributed by atoms with Gasteiger partial charge in [-0.15, -0.1) is 0 Å². The van der Waals surface area contributed by atoms with Gasteiger partial charge in [0.2, 0.25) is 5.78 Å². The maximum Gasteiger partial charge on any atom is 0.341 e. The number of hydrogen-bond donors (Lipinski definition) is 4. The van der Waals surface area contributed by atoms with Gasteiger partial charge in [0, 0.05) is 37.7 Å². The molecule has 4 atom stereocenters. The molecule has 0 spiro atoms. The number of carbonyl (C=O) groups excluding carboxylic acids is 4. The Kier molecular flexibility index (Phi) is 6.65. The number of methoxy groups -OCH3 is 1. The third-order valence-corrected chi connectivity index (χ3v) is 7.94. The van der Waals surface area contributed by atoms with Gasteiger partial charge in [0.05, 0.1) is 18.7 Å². The van der Waals surface area contributed by atoms with Crippen molar-refractivity contribution in [1.82, 2.24) is 4.90 Å². The summed E-state index contributed by atoms with van der Waals surface area (Å²) in [5.41, 5.74) is -2.94. The summed E-state index contributed by atoms with van der Waals surface area (Å²) in [5, 5.41) is 45.3. The molecule has 11 heteroatoms. The molecular formula is C27H32N2O9. The molecule has 0 bridgehead atoms. The molecule has 3 aliphatic rings. The molecule has 4 rings (SSSR count). The van der Waals surface area contributed by atoms with E-state index in [1.54, 1.807) is 33.1 Å². The number of nitrogens with zero attached hydrogens (tertiary/aromatic N) is 2. The van der Waals surface area contributed by atoms with Gasteiger partial charge in [0.25, 0.3) is 0 Å². The number of benzene rings is 1. The number of ether oxygens (including phenoxy) is 1. The molecule has 11 nitrogen and oxygen atoms in total. The molecular weight excluding hydrogens is 496 g/mol. The lowest BCUT2D eigenvalue weighted by Crippen LogP contribution is -2.65. The summed E-state index contributed by atoms with van der Waals surface area (Å²) in [6.45, 7) is 1.49. The van der Waals surface area contributed by atoms with E-state index in [0.717, 1.165) is 7.11 Å². The molecule has 0 heterocycles. The first-order chi connectivity index (χ1) is 17.7. The third kappa shape index (κ3) is 3.56. The van der Waals surface area contributed by atoms with E-state index < -0.39 is 69.6 Å². The van der Waals surface area contributed by atoms with Gasteiger partial charge in [-0.2, -0.15) is 0 Å². The largest absolute Gasteiger partial charge is 0.508 e. The first-order valence-corrected chi connectivity index (χ1v) is 12.3. The molecule has 4 N–H and O–H groups in total. The van der Waals surface area contributed by atoms with Crippen LogP contribution < -0.4 is 4.90 Å². The molecule has 1 aromatic carbocycles. The van der Waals surface area contributed by atoms with E-state index in [1.165, 1.54) is 17.9 Å². The number of anilines is 1. The lowest BCUT2D eigenvalue weighted by atomic mass is 9.57. The highest BCUT2D eigenvalue weighted by Crippen LogP contribution is 2.54. The number of Topliss-reactive ketones (excluding diaryl/α,β-unsaturated/α-hetero) is 3. The van der Waals surface area contributed by atoms with E-state index in [0.29, 0.717) is 11.3 Å². The van der Waals surface area contributed by atoms with E-state index >= 15 is 0 Å². The van der Waals surface area contributed by atoms with Crippen LogP contribution in [0.4, 0.5) is 5.69 Å². The minimum atomic E-state index is -2.65. The zero-order chi connectivity index (χ0) is 28.4. The molecule has 0 aliphatic heterocycles. The second-order valence-electron chi connectivity index (χ2n) is 10.4. The van der Waals surface area contributed by atoms with Crippen LogP contribution >= 0.6 is 0 Å². The number of hydrogen-bond acceptors (Lipinski definition) is 11. The first kappa shape index (κ1) is 27.3. The zero-order valence-electron chi connectivity index (χ0n) is 22.2. The molecule has 1 aromatic rings. The van der Waals surface area contributed by atoms with Crippen molar-refractivity contribution < 1.29 is 44.3 Å². The van der Waals surface area contributed by atoms with Crippen LogP contribution in [0.5, 0.6) is 5.75 Å². The number of carbonyl (C=O) groups is 4. The molecule has 1 unspecified atom stereocenters. The quantitative estimate of drug-likeness (QED) is 0.322. The minimum Gasteiger partial charge on any atom is -0.508 e. The second kappa shape index (κ2) is 9.25. The van der Waals surface area contributed by atoms with E-state index in [1.807, 2.05) is 0 Å². The molecule has 1 saturated carbocycles. The van der Waals surface area contributed by atoms with E-state index in [9.17, 15) is 39.6 Å². The number of phenolic OH excluding ortho intramolecular Hbond substituents is 1. The van der Waals surface area contributed by atoms with Gasteiger partial charge in [-0.1, -0.05) is 6.92 Å². The number of aliphatic hydroxyl groups is 3. The summed E-state index contributed by atoms with van der Waals surface area (Å²) in [7, 11) is 7.73. The van der Waals surface area contributed by atoms with Crippen molar-refractivity contribution in [3.63, 3.8) is 0 Å². The molecule has 3 aliphatic carbocycles. The number of aromatic hydroxyl groups is 1. The SMILES string of the molecule is CCC(=O)C1=C(O)[C@]2(O)C(=O)C3=C(O)c4c(O)c(C(=O)OC)cc(N(C)C)c4C[C@@H]3C[C@@H]2C(N(C)C)C1=O. The Hall–Kier alpha value is -3.70. The Bertz CT molecular complexity index is 1340. The average molecular weight is 529 g/mol. The Balaban J connectivity index is 2.02. The van der Waals surface area contributed by atoms with Crippen LogP contribution in [-0.4, -0.2) is 95.6 Å². The van der Waals surface area contributed by atoms with Gasteiger partial charge in [-0.3, -0.25) is 19.3 Å². The van der Waals surface area contributed by atoms with E-state index in [2.05, 4.69) is 0 Å². The Labute approximate surface area is 219 Å². The van der Waals surface area contributed by atoms with Crippen molar-refractivity contribution in [3.05, 3.63) is 39.7 Å². The molecule has 0 saturated heterocycles. The van der Waals surface area contributed by atoms with Gasteiger partial charge in [0.15, 0.2) is 17.2 Å². The van der Waals surface area contributed by atoms with E-state index in [4.69, 9.17) is 4.74 Å². The average Bonchev–Trinajstić information content (AvgIpc) is 2.85. The normalized spacial score (nSPS) is 26.7. The van der Waals surface area contributed by atoms with Crippen LogP contribution in [0.15, 0.2) is 23.0 Å². The van der Waals surface area contributed by atoms with E-state index in [-0.39, 0.29) is 36.0 Å². The number of aliphatic hydroxyl groups excluding tert-OH is 2. The van der Waals surface area contributed by atoms with Gasteiger partial charge >= 0.3 is 5.97 Å². The maximum absolute atomic E-state index is 14.0. The summed E-state index contributed by atoms with van der Waals surface area (Å²) >= 11 is 0. The minimum absolute atomic E-state index is 0.0136. The Morgan fingerprint density at radius 3 is 2.29 bits per heavy atom. The fourth-order valence-corrected chi connectivity index (χ4v) is 6.16. The smallest absolute Gasteiger partial charge is 0.341 e. The first-order valence-electron chi connectivity index (χ1n) is 12.3. The standard InChI is InChI=1S/C27H32N2O9/c1-7-16(30)19-23(33)20(29(4)5)14-9-11-8-12-15(28(2)3)10-13(26(36)38-6)21(31)18(12)22(32)17(11)24(34)27(14,37)25(19)35/h10-11,14,20,31-32,35,37H,7-9H2,1-6H3/t11-,14-,20?,27-/m1/s1. The van der Waals surface area contributed by atoms with Crippen molar-refractivity contribution in [2.24, 2.45) is 11.8 Å². The summed E-state index contributed by atoms with van der Waals surface area (Å²) in [6.07, 6.45) is 0.0104. The van der Waals surface area contributed by atoms with Gasteiger partial charge in [-0.05, 0) is 44.5 Å². The van der Waals surface area contributed by atoms with Crippen molar-refractivity contribution >= 4 is 34.8 Å². The molecule has 204 valence electrons. The number of likely N-dealkylation sites (N-methyl/N-ethyl adjacent to an activating group) is 1. The summed E-state index contributed by atoms with van der Waals surface area (Å²) < 4.78 is 4.77. The summed E-state index contributed by atoms with van der Waals surface area (Å²) in [6, 6.07) is 0.349. The number of esters is 1. The van der Waals surface area contributed by atoms with Crippen LogP contribution in [0, 0.1) is 11.8 Å². The lowest BCUT2D eigenvalue weighted by molar-refractivity contribution is -0.153. The molecule has 1 fully saturated rings. The van der Waals surface area contributed by atoms with Crippen LogP contribution in [-0.2, 0) is 25.5 Å². The maximum atomic E-state index is 14.0. The topological polar surface area (TPSA) is 165 Å². The van der Waals surface area contributed by atoms with Crippen LogP contribution in [0.2, 0.25) is 0 Å². The number of ketones is 3. The second-order valence-corrected chi connectivity index (χ2v) is 10.4. The monoisotopic (exact) mass is 528 g/mol. The zero-order valence-corrected chi connectivity index (χ0v) is 22.2. The van der Waals surface area contributed by atoms with Crippen LogP contribution in [0.3, 0.4) is 0 Å². The number of phenols is 1. The summed E-state index contributed by atoms with van der Waals surface area (Å²) in [5.74, 6) is -7.36. The highest BCUT2D eigenvalue weighted by molar-refractivity contribution is 6.25. The molecule has 0 amide bonds. The van der Waals surface area contributed by atoms with Crippen molar-refractivity contribution in [2.75, 3.05) is 40.2 Å². The lowest BCUT2D eigenvalue weighted by Gasteiger charge is -2.50. The van der Waals surface area contributed by atoms with Crippen molar-refractivity contribution in [1.29, 1.82) is 0 Å². The highest BCUT2D eigenvalue weighted by Gasteiger charge is 2.64. The predicted molar refractivity (Wildman–Crippen MR) is 136 cm³/mol. The predicted octanol–water partition coefficient (Wildman–Crippen LogP) is 1.31. The van der Waals surface area contributed by atoms with Gasteiger partial charge < -0.3 is 30.1 Å². The summed E-state index contributed by atoms with van der Waals surface area (Å²) in [4.78, 5) is 55.6. The van der Waals surface area contributed by atoms with Gasteiger partial charge in [0.1, 0.15) is 28.4 Å². The van der Waals surface area contributed by atoms with Gasteiger partial charge in [-0.25, -0.2) is 4.79 Å². The molecule has 0 aromatic heterocycles. The van der Waals surface area contributed by atoms with Crippen LogP contribution in [0.25, 0.3) is 5.76 Å². The number of fused-ring (bicyclic) bond motifs is 3. The third-order valence-electron chi connectivity index (χ3n) is 7.94.